The first-order valence-electron chi connectivity index (χ1n) is 10.7. The first-order chi connectivity index (χ1) is 16.1. The first kappa shape index (κ1) is 23.0. The summed E-state index contributed by atoms with van der Waals surface area (Å²) in [5.41, 5.74) is 3.35. The van der Waals surface area contributed by atoms with Crippen LogP contribution in [0.15, 0.2) is 95.4 Å². The Labute approximate surface area is 194 Å². The third kappa shape index (κ3) is 5.25. The number of hydrogen-bond acceptors (Lipinski definition) is 6. The lowest BCUT2D eigenvalue weighted by Gasteiger charge is -2.14. The molecule has 0 unspecified atom stereocenters. The van der Waals surface area contributed by atoms with Gasteiger partial charge in [-0.05, 0) is 23.1 Å². The lowest BCUT2D eigenvalue weighted by atomic mass is 9.91. The Morgan fingerprint density at radius 1 is 0.848 bits per heavy atom. The number of hydrogen-bond donors (Lipinski definition) is 1. The zero-order valence-electron chi connectivity index (χ0n) is 18.7. The first-order valence-corrected chi connectivity index (χ1v) is 12.3. The van der Waals surface area contributed by atoms with Gasteiger partial charge in [0.2, 0.25) is 17.2 Å². The second kappa shape index (κ2) is 10.6. The maximum absolute atomic E-state index is 13.3. The molecular weight excluding hydrogens is 435 g/mol. The van der Waals surface area contributed by atoms with Gasteiger partial charge in [0, 0.05) is 20.8 Å². The van der Waals surface area contributed by atoms with Crippen LogP contribution in [0, 0.1) is 0 Å². The molecule has 0 radical (unpaired) electrons. The van der Waals surface area contributed by atoms with Crippen molar-refractivity contribution in [2.45, 2.75) is 12.3 Å². The van der Waals surface area contributed by atoms with Gasteiger partial charge in [0.25, 0.3) is 0 Å². The lowest BCUT2D eigenvalue weighted by molar-refractivity contribution is 0.286. The number of rotatable bonds is 10. The van der Waals surface area contributed by atoms with Crippen LogP contribution in [-0.4, -0.2) is 25.7 Å². The molecule has 0 aliphatic heterocycles. The third-order valence-electron chi connectivity index (χ3n) is 5.42. The monoisotopic (exact) mass is 462 g/mol. The Morgan fingerprint density at radius 3 is 1.88 bits per heavy atom. The summed E-state index contributed by atoms with van der Waals surface area (Å²) in [5.74, 6) is 0.432. The number of benzene rings is 3. The molecule has 0 atom stereocenters. The van der Waals surface area contributed by atoms with Crippen LogP contribution in [-0.2, 0) is 20.0 Å². The van der Waals surface area contributed by atoms with E-state index >= 15 is 0 Å². The molecule has 4 rings (SSSR count). The quantitative estimate of drug-likeness (QED) is 0.308. The molecule has 1 heterocycles. The van der Waals surface area contributed by atoms with Crippen molar-refractivity contribution in [1.29, 1.82) is 0 Å². The van der Waals surface area contributed by atoms with E-state index in [4.69, 9.17) is 13.5 Å². The van der Waals surface area contributed by atoms with E-state index in [-0.39, 0.29) is 11.4 Å². The van der Waals surface area contributed by atoms with Crippen molar-refractivity contribution in [2.24, 2.45) is 0 Å². The van der Waals surface area contributed by atoms with Crippen LogP contribution in [0.5, 0.6) is 0 Å². The molecule has 0 saturated carbocycles. The normalized spacial score (nSPS) is 11.6. The van der Waals surface area contributed by atoms with Crippen molar-refractivity contribution < 1.29 is 18.0 Å². The minimum atomic E-state index is -3.65. The predicted molar refractivity (Wildman–Crippen MR) is 130 cm³/mol. The highest BCUT2D eigenvalue weighted by Crippen LogP contribution is 2.48. The summed E-state index contributed by atoms with van der Waals surface area (Å²) in [7, 11) is -0.962. The van der Waals surface area contributed by atoms with Crippen molar-refractivity contribution in [2.75, 3.05) is 26.1 Å². The molecule has 4 aromatic rings. The average molecular weight is 462 g/mol. The Balaban J connectivity index is 1.73. The molecule has 0 aliphatic rings. The van der Waals surface area contributed by atoms with Crippen molar-refractivity contribution in [3.8, 4) is 0 Å². The van der Waals surface area contributed by atoms with E-state index in [0.717, 1.165) is 17.5 Å². The summed E-state index contributed by atoms with van der Waals surface area (Å²) in [6, 6.07) is 30.0. The Kier molecular flexibility index (Phi) is 7.40. The van der Waals surface area contributed by atoms with Crippen LogP contribution in [0.1, 0.15) is 28.5 Å². The highest BCUT2D eigenvalue weighted by molar-refractivity contribution is 7.62. The Morgan fingerprint density at radius 2 is 1.36 bits per heavy atom. The van der Waals surface area contributed by atoms with E-state index in [1.807, 2.05) is 78.9 Å². The number of nitrogens with one attached hydrogen (secondary N) is 1. The fourth-order valence-corrected chi connectivity index (χ4v) is 4.82. The SMILES string of the molecule is COP(=O)(OC)c1nc(C(c2ccccc2)c2ccccc2)oc1NCCc1ccccc1. The van der Waals surface area contributed by atoms with Gasteiger partial charge in [0.05, 0.1) is 5.92 Å². The largest absolute Gasteiger partial charge is 0.423 e. The van der Waals surface area contributed by atoms with Crippen LogP contribution < -0.4 is 10.8 Å². The summed E-state index contributed by atoms with van der Waals surface area (Å²) in [5, 5.41) is 3.25. The zero-order chi connectivity index (χ0) is 23.1. The van der Waals surface area contributed by atoms with Gasteiger partial charge in [-0.15, -0.1) is 0 Å². The number of anilines is 1. The molecule has 1 N–H and O–H groups in total. The van der Waals surface area contributed by atoms with Crippen LogP contribution in [0.2, 0.25) is 0 Å². The molecule has 170 valence electrons. The molecular formula is C26H27N2O4P. The topological polar surface area (TPSA) is 73.6 Å². The van der Waals surface area contributed by atoms with Gasteiger partial charge in [-0.25, -0.2) is 4.98 Å². The van der Waals surface area contributed by atoms with Gasteiger partial charge in [-0.1, -0.05) is 91.0 Å². The molecule has 0 aliphatic carbocycles. The highest BCUT2D eigenvalue weighted by atomic mass is 31.2. The maximum atomic E-state index is 13.3. The number of oxazole rings is 1. The molecule has 0 bridgehead atoms. The van der Waals surface area contributed by atoms with E-state index in [1.165, 1.54) is 19.8 Å². The average Bonchev–Trinajstić information content (AvgIpc) is 3.30. The summed E-state index contributed by atoms with van der Waals surface area (Å²) in [4.78, 5) is 4.66. The van der Waals surface area contributed by atoms with Crippen molar-refractivity contribution in [1.82, 2.24) is 4.98 Å². The molecule has 0 spiro atoms. The summed E-state index contributed by atoms with van der Waals surface area (Å²) in [6.07, 6.45) is 0.765. The van der Waals surface area contributed by atoms with Crippen LogP contribution in [0.25, 0.3) is 0 Å². The second-order valence-corrected chi connectivity index (χ2v) is 9.63. The van der Waals surface area contributed by atoms with Gasteiger partial charge < -0.3 is 18.8 Å². The summed E-state index contributed by atoms with van der Waals surface area (Å²) in [6.45, 7) is 0.570. The number of nitrogens with zero attached hydrogens (tertiary/aromatic N) is 1. The van der Waals surface area contributed by atoms with Gasteiger partial charge >= 0.3 is 7.60 Å². The lowest BCUT2D eigenvalue weighted by Crippen LogP contribution is -2.16. The smallest absolute Gasteiger partial charge is 0.384 e. The Hall–Kier alpha value is -3.18. The van der Waals surface area contributed by atoms with Gasteiger partial charge in [-0.2, -0.15) is 0 Å². The molecule has 7 heteroatoms. The molecule has 33 heavy (non-hydrogen) atoms. The van der Waals surface area contributed by atoms with Gasteiger partial charge in [0.1, 0.15) is 0 Å². The molecule has 1 aromatic heterocycles. The van der Waals surface area contributed by atoms with E-state index < -0.39 is 7.60 Å². The van der Waals surface area contributed by atoms with Crippen LogP contribution in [0.3, 0.4) is 0 Å². The molecule has 6 nitrogen and oxygen atoms in total. The van der Waals surface area contributed by atoms with Crippen LogP contribution in [0.4, 0.5) is 5.88 Å². The van der Waals surface area contributed by atoms with E-state index in [0.29, 0.717) is 18.3 Å². The maximum Gasteiger partial charge on any atom is 0.384 e. The fourth-order valence-electron chi connectivity index (χ4n) is 3.73. The zero-order valence-corrected chi connectivity index (χ0v) is 19.6. The van der Waals surface area contributed by atoms with Crippen molar-refractivity contribution >= 4 is 18.9 Å². The van der Waals surface area contributed by atoms with E-state index in [1.54, 1.807) is 0 Å². The number of aromatic nitrogens is 1. The Bertz CT molecular complexity index is 1150. The van der Waals surface area contributed by atoms with Crippen molar-refractivity contribution in [3.05, 3.63) is 114 Å². The van der Waals surface area contributed by atoms with E-state index in [2.05, 4.69) is 22.4 Å². The fraction of sp³-hybridized carbons (Fsp3) is 0.192. The molecule has 0 fully saturated rings. The minimum absolute atomic E-state index is 0.146. The highest BCUT2D eigenvalue weighted by Gasteiger charge is 2.36. The summed E-state index contributed by atoms with van der Waals surface area (Å²) < 4.78 is 30.0. The molecule has 0 amide bonds. The van der Waals surface area contributed by atoms with Crippen molar-refractivity contribution in [3.63, 3.8) is 0 Å². The molecule has 3 aromatic carbocycles. The minimum Gasteiger partial charge on any atom is -0.423 e. The van der Waals surface area contributed by atoms with Crippen LogP contribution >= 0.6 is 7.60 Å². The predicted octanol–water partition coefficient (Wildman–Crippen LogP) is 5.62. The van der Waals surface area contributed by atoms with Gasteiger partial charge in [0.15, 0.2) is 0 Å². The van der Waals surface area contributed by atoms with E-state index in [9.17, 15) is 4.57 Å². The standard InChI is InChI=1S/C26H27N2O4P/c1-30-33(29,31-2)26-25(27-19-18-20-12-6-3-7-13-20)32-24(28-26)23(21-14-8-4-9-15-21)22-16-10-5-11-17-22/h3-17,23,27H,18-19H2,1-2H3. The summed E-state index contributed by atoms with van der Waals surface area (Å²) >= 11 is 0. The van der Waals surface area contributed by atoms with Gasteiger partial charge in [-0.3, -0.25) is 4.57 Å². The second-order valence-electron chi connectivity index (χ2n) is 7.48. The molecule has 0 saturated heterocycles. The third-order valence-corrected chi connectivity index (χ3v) is 7.20.